The van der Waals surface area contributed by atoms with Crippen molar-refractivity contribution in [3.63, 3.8) is 0 Å². The number of aryl methyl sites for hydroxylation is 1. The first-order chi connectivity index (χ1) is 22.0. The molecule has 6 aromatic rings. The van der Waals surface area contributed by atoms with Gasteiger partial charge >= 0.3 is 6.18 Å². The first-order valence-electron chi connectivity index (χ1n) is 15.1. The quantitative estimate of drug-likeness (QED) is 0.201. The Morgan fingerprint density at radius 3 is 2.24 bits per heavy atom. The van der Waals surface area contributed by atoms with E-state index in [2.05, 4.69) is 9.88 Å². The van der Waals surface area contributed by atoms with E-state index in [0.29, 0.717) is 43.8 Å². The first kappa shape index (κ1) is 30.2. The molecule has 0 amide bonds. The Morgan fingerprint density at radius 2 is 1.52 bits per heavy atom. The van der Waals surface area contributed by atoms with Crippen LogP contribution in [0.15, 0.2) is 102 Å². The molecule has 0 spiro atoms. The van der Waals surface area contributed by atoms with E-state index < -0.39 is 22.7 Å². The second kappa shape index (κ2) is 11.7. The van der Waals surface area contributed by atoms with Crippen molar-refractivity contribution in [2.45, 2.75) is 24.5 Å². The van der Waals surface area contributed by atoms with Gasteiger partial charge in [-0.25, -0.2) is 17.4 Å². The van der Waals surface area contributed by atoms with Gasteiger partial charge in [0.25, 0.3) is 10.0 Å². The minimum atomic E-state index is -4.18. The molecule has 4 heterocycles. The molecule has 1 aliphatic heterocycles. The number of halogens is 3. The number of hydrogen-bond donors (Lipinski definition) is 1. The Bertz CT molecular complexity index is 2130. The second-order valence-corrected chi connectivity index (χ2v) is 13.7. The molecule has 236 valence electrons. The highest BCUT2D eigenvalue weighted by Crippen LogP contribution is 2.36. The number of benzene rings is 3. The maximum atomic E-state index is 13.9. The van der Waals surface area contributed by atoms with Crippen LogP contribution in [0.4, 0.5) is 13.2 Å². The van der Waals surface area contributed by atoms with Crippen molar-refractivity contribution in [3.8, 4) is 22.3 Å². The zero-order chi connectivity index (χ0) is 32.1. The fourth-order valence-corrected chi connectivity index (χ4v) is 7.44. The zero-order valence-corrected chi connectivity index (χ0v) is 25.9. The minimum Gasteiger partial charge on any atom is -0.361 e. The molecule has 7 rings (SSSR count). The Morgan fingerprint density at radius 1 is 0.826 bits per heavy atom. The molecule has 1 N–H and O–H groups in total. The Hall–Kier alpha value is -4.45. The van der Waals surface area contributed by atoms with E-state index in [4.69, 9.17) is 4.98 Å². The average Bonchev–Trinajstić information content (AvgIpc) is 3.66. The molecule has 0 bridgehead atoms. The number of nitrogens with zero attached hydrogens (tertiary/aromatic N) is 4. The van der Waals surface area contributed by atoms with Crippen LogP contribution in [0.25, 0.3) is 44.2 Å². The molecule has 0 atom stereocenters. The van der Waals surface area contributed by atoms with Gasteiger partial charge in [-0.15, -0.1) is 0 Å². The van der Waals surface area contributed by atoms with E-state index in [9.17, 15) is 21.6 Å². The Balaban J connectivity index is 1.20. The first-order valence-corrected chi connectivity index (χ1v) is 16.5. The maximum absolute atomic E-state index is 13.9. The fraction of sp³-hybridized carbons (Fsp3) is 0.229. The largest absolute Gasteiger partial charge is 0.401 e. The van der Waals surface area contributed by atoms with Gasteiger partial charge in [-0.2, -0.15) is 13.2 Å². The van der Waals surface area contributed by atoms with E-state index in [1.54, 1.807) is 36.7 Å². The summed E-state index contributed by atoms with van der Waals surface area (Å²) in [6, 6.07) is 24.8. The summed E-state index contributed by atoms with van der Waals surface area (Å²) in [5.74, 6) is 0. The number of rotatable bonds is 7. The van der Waals surface area contributed by atoms with Gasteiger partial charge in [0, 0.05) is 73.3 Å². The van der Waals surface area contributed by atoms with Gasteiger partial charge < -0.3 is 4.98 Å². The zero-order valence-electron chi connectivity index (χ0n) is 25.1. The predicted molar refractivity (Wildman–Crippen MR) is 174 cm³/mol. The van der Waals surface area contributed by atoms with E-state index in [-0.39, 0.29) is 4.90 Å². The summed E-state index contributed by atoms with van der Waals surface area (Å²) in [6.45, 7) is 3.65. The summed E-state index contributed by atoms with van der Waals surface area (Å²) >= 11 is 0. The molecular formula is C35H32F3N5O2S. The lowest BCUT2D eigenvalue weighted by Crippen LogP contribution is -2.48. The molecule has 0 radical (unpaired) electrons. The molecular weight excluding hydrogens is 611 g/mol. The molecule has 1 saturated heterocycles. The number of hydrogen-bond acceptors (Lipinski definition) is 5. The number of pyridine rings is 1. The minimum absolute atomic E-state index is 0.186. The third-order valence-corrected chi connectivity index (χ3v) is 10.3. The summed E-state index contributed by atoms with van der Waals surface area (Å²) in [6.07, 6.45) is 1.04. The van der Waals surface area contributed by atoms with Crippen molar-refractivity contribution in [2.75, 3.05) is 32.7 Å². The van der Waals surface area contributed by atoms with Crippen molar-refractivity contribution >= 4 is 32.0 Å². The van der Waals surface area contributed by atoms with Gasteiger partial charge in [-0.05, 0) is 65.4 Å². The maximum Gasteiger partial charge on any atom is 0.401 e. The second-order valence-electron chi connectivity index (χ2n) is 11.9. The third-order valence-electron chi connectivity index (χ3n) is 8.62. The van der Waals surface area contributed by atoms with Gasteiger partial charge in [-0.1, -0.05) is 48.0 Å². The molecule has 7 nitrogen and oxygen atoms in total. The molecule has 0 aliphatic carbocycles. The van der Waals surface area contributed by atoms with Crippen molar-refractivity contribution < 1.29 is 21.6 Å². The summed E-state index contributed by atoms with van der Waals surface area (Å²) in [5, 5.41) is 1.73. The lowest BCUT2D eigenvalue weighted by atomic mass is 10.0. The van der Waals surface area contributed by atoms with Crippen LogP contribution in [0.5, 0.6) is 0 Å². The standard InChI is InChI=1S/C35H32F3N5O2S/c1-24-2-9-30(10-3-24)46(44,45)43-22-32(27-8-11-33-28(18-27)12-13-39-33)31-19-29(20-40-34(31)43)26-6-4-25(5-7-26)21-41-14-16-42(17-15-41)23-35(36,37)38/h2-13,18-20,22,39H,14-17,21,23H2,1H3. The topological polar surface area (TPSA) is 74.2 Å². The van der Waals surface area contributed by atoms with Gasteiger partial charge in [0.1, 0.15) is 0 Å². The van der Waals surface area contributed by atoms with Gasteiger partial charge in [0.15, 0.2) is 5.65 Å². The van der Waals surface area contributed by atoms with Crippen molar-refractivity contribution in [1.82, 2.24) is 23.7 Å². The number of alkyl halides is 3. The third kappa shape index (κ3) is 6.05. The number of fused-ring (bicyclic) bond motifs is 2. The number of aromatic nitrogens is 3. The van der Waals surface area contributed by atoms with Crippen LogP contribution < -0.4 is 0 Å². The highest BCUT2D eigenvalue weighted by atomic mass is 32.2. The highest BCUT2D eigenvalue weighted by molar-refractivity contribution is 7.90. The molecule has 3 aromatic carbocycles. The summed E-state index contributed by atoms with van der Waals surface area (Å²) < 4.78 is 67.3. The van der Waals surface area contributed by atoms with Crippen LogP contribution in [0.3, 0.4) is 0 Å². The fourth-order valence-electron chi connectivity index (χ4n) is 6.11. The SMILES string of the molecule is Cc1ccc(S(=O)(=O)n2cc(-c3ccc4[nH]ccc4c3)c3cc(-c4ccc(CN5CCN(CC(F)(F)F)CC5)cc4)cnc32)cc1. The van der Waals surface area contributed by atoms with Crippen LogP contribution in [0, 0.1) is 6.92 Å². The van der Waals surface area contributed by atoms with Gasteiger partial charge in [0.05, 0.1) is 11.4 Å². The number of aromatic amines is 1. The van der Waals surface area contributed by atoms with Crippen molar-refractivity contribution in [3.05, 3.63) is 109 Å². The summed E-state index contributed by atoms with van der Waals surface area (Å²) in [7, 11) is -3.93. The number of nitrogens with one attached hydrogen (secondary N) is 1. The smallest absolute Gasteiger partial charge is 0.361 e. The van der Waals surface area contributed by atoms with Gasteiger partial charge in [-0.3, -0.25) is 9.80 Å². The van der Waals surface area contributed by atoms with Crippen LogP contribution in [0.1, 0.15) is 11.1 Å². The number of piperazine rings is 1. The normalized spacial score (nSPS) is 15.2. The molecule has 1 fully saturated rings. The van der Waals surface area contributed by atoms with E-state index in [1.807, 2.05) is 67.7 Å². The predicted octanol–water partition coefficient (Wildman–Crippen LogP) is 7.08. The van der Waals surface area contributed by atoms with E-state index >= 15 is 0 Å². The molecule has 11 heteroatoms. The molecule has 1 aliphatic rings. The summed E-state index contributed by atoms with van der Waals surface area (Å²) in [4.78, 5) is 11.7. The van der Waals surface area contributed by atoms with Crippen LogP contribution in [-0.2, 0) is 16.6 Å². The lowest BCUT2D eigenvalue weighted by molar-refractivity contribution is -0.149. The Kier molecular flexibility index (Phi) is 7.70. The highest BCUT2D eigenvalue weighted by Gasteiger charge is 2.32. The van der Waals surface area contributed by atoms with E-state index in [0.717, 1.165) is 44.3 Å². The molecule has 0 unspecified atom stereocenters. The molecule has 0 saturated carbocycles. The monoisotopic (exact) mass is 643 g/mol. The Labute approximate surface area is 265 Å². The average molecular weight is 644 g/mol. The van der Waals surface area contributed by atoms with Gasteiger partial charge in [0.2, 0.25) is 0 Å². The van der Waals surface area contributed by atoms with Crippen LogP contribution in [-0.4, -0.2) is 71.1 Å². The van der Waals surface area contributed by atoms with Crippen molar-refractivity contribution in [2.24, 2.45) is 0 Å². The lowest BCUT2D eigenvalue weighted by Gasteiger charge is -2.35. The molecule has 3 aromatic heterocycles. The number of H-pyrrole nitrogens is 1. The molecule has 46 heavy (non-hydrogen) atoms. The van der Waals surface area contributed by atoms with E-state index in [1.165, 1.54) is 8.87 Å². The van der Waals surface area contributed by atoms with Crippen LogP contribution >= 0.6 is 0 Å². The van der Waals surface area contributed by atoms with Crippen LogP contribution in [0.2, 0.25) is 0 Å². The summed E-state index contributed by atoms with van der Waals surface area (Å²) in [5.41, 5.74) is 6.76. The van der Waals surface area contributed by atoms with Crippen molar-refractivity contribution in [1.29, 1.82) is 0 Å².